The van der Waals surface area contributed by atoms with Gasteiger partial charge in [-0.25, -0.2) is 4.98 Å². The van der Waals surface area contributed by atoms with Crippen LogP contribution in [0.1, 0.15) is 29.1 Å². The van der Waals surface area contributed by atoms with Gasteiger partial charge in [0.15, 0.2) is 0 Å². The van der Waals surface area contributed by atoms with Gasteiger partial charge in [0.25, 0.3) is 0 Å². The molecule has 0 saturated heterocycles. The number of thiazole rings is 1. The van der Waals surface area contributed by atoms with Crippen LogP contribution in [0.2, 0.25) is 0 Å². The van der Waals surface area contributed by atoms with E-state index in [1.54, 1.807) is 11.3 Å². The van der Waals surface area contributed by atoms with Crippen LogP contribution in [0.15, 0.2) is 35.7 Å². The lowest BCUT2D eigenvalue weighted by Crippen LogP contribution is -2.13. The molecule has 2 rings (SSSR count). The van der Waals surface area contributed by atoms with Crippen molar-refractivity contribution in [2.45, 2.75) is 25.9 Å². The minimum atomic E-state index is -0.684. The third-order valence-electron chi connectivity index (χ3n) is 2.64. The van der Waals surface area contributed by atoms with Gasteiger partial charge in [0.1, 0.15) is 6.10 Å². The van der Waals surface area contributed by atoms with Gasteiger partial charge in [-0.2, -0.15) is 0 Å². The molecule has 2 nitrogen and oxygen atoms in total. The van der Waals surface area contributed by atoms with E-state index in [9.17, 15) is 5.11 Å². The van der Waals surface area contributed by atoms with Crippen molar-refractivity contribution < 1.29 is 5.11 Å². The molecule has 1 heterocycles. The first-order valence-corrected chi connectivity index (χ1v) is 6.71. The van der Waals surface area contributed by atoms with Crippen molar-refractivity contribution in [2.75, 3.05) is 0 Å². The SMILES string of the molecule is Cc1csc([C@@H](C)[C@H](O)C#Cc2ccccc2)n1. The van der Waals surface area contributed by atoms with Crippen molar-refractivity contribution in [1.29, 1.82) is 0 Å². The summed E-state index contributed by atoms with van der Waals surface area (Å²) in [6.07, 6.45) is -0.684. The van der Waals surface area contributed by atoms with Crippen LogP contribution >= 0.6 is 11.3 Å². The van der Waals surface area contributed by atoms with E-state index in [0.717, 1.165) is 16.3 Å². The fraction of sp³-hybridized carbons (Fsp3) is 0.267. The van der Waals surface area contributed by atoms with Gasteiger partial charge < -0.3 is 5.11 Å². The Morgan fingerprint density at radius 2 is 2.00 bits per heavy atom. The lowest BCUT2D eigenvalue weighted by Gasteiger charge is -2.10. The highest BCUT2D eigenvalue weighted by Gasteiger charge is 2.16. The second kappa shape index (κ2) is 5.81. The zero-order chi connectivity index (χ0) is 13.0. The Kier molecular flexibility index (Phi) is 4.14. The quantitative estimate of drug-likeness (QED) is 0.839. The summed E-state index contributed by atoms with van der Waals surface area (Å²) < 4.78 is 0. The third-order valence-corrected chi connectivity index (χ3v) is 3.80. The van der Waals surface area contributed by atoms with Crippen LogP contribution < -0.4 is 0 Å². The molecule has 1 aromatic heterocycles. The highest BCUT2D eigenvalue weighted by atomic mass is 32.1. The number of aromatic nitrogens is 1. The van der Waals surface area contributed by atoms with Crippen LogP contribution in [0, 0.1) is 18.8 Å². The molecule has 0 aliphatic carbocycles. The van der Waals surface area contributed by atoms with E-state index in [2.05, 4.69) is 16.8 Å². The maximum Gasteiger partial charge on any atom is 0.124 e. The molecule has 0 fully saturated rings. The Balaban J connectivity index is 2.09. The van der Waals surface area contributed by atoms with E-state index in [0.29, 0.717) is 0 Å². The normalized spacial score (nSPS) is 13.5. The Morgan fingerprint density at radius 3 is 2.61 bits per heavy atom. The zero-order valence-corrected chi connectivity index (χ0v) is 11.2. The van der Waals surface area contributed by atoms with Crippen LogP contribution in [0.3, 0.4) is 0 Å². The molecule has 1 N–H and O–H groups in total. The minimum Gasteiger partial charge on any atom is -0.380 e. The Morgan fingerprint density at radius 1 is 1.28 bits per heavy atom. The Bertz CT molecular complexity index is 565. The molecule has 0 unspecified atom stereocenters. The molecule has 0 aliphatic rings. The monoisotopic (exact) mass is 257 g/mol. The summed E-state index contributed by atoms with van der Waals surface area (Å²) in [5, 5.41) is 13.0. The number of benzene rings is 1. The van der Waals surface area contributed by atoms with Crippen molar-refractivity contribution in [1.82, 2.24) is 4.98 Å². The van der Waals surface area contributed by atoms with Crippen LogP contribution in [0.5, 0.6) is 0 Å². The molecule has 0 bridgehead atoms. The predicted octanol–water partition coefficient (Wildman–Crippen LogP) is 2.97. The molecule has 2 aromatic rings. The molecule has 0 radical (unpaired) electrons. The molecule has 0 amide bonds. The standard InChI is InChI=1S/C15H15NOS/c1-11-10-18-15(16-11)12(2)14(17)9-8-13-6-4-3-5-7-13/h3-7,10,12,14,17H,1-2H3/t12-,14+/m0/s1. The maximum absolute atomic E-state index is 10.0. The van der Waals surface area contributed by atoms with Gasteiger partial charge in [0.05, 0.1) is 5.01 Å². The summed E-state index contributed by atoms with van der Waals surface area (Å²) >= 11 is 1.57. The molecule has 0 saturated carbocycles. The first kappa shape index (κ1) is 12.8. The lowest BCUT2D eigenvalue weighted by atomic mass is 10.1. The van der Waals surface area contributed by atoms with Crippen LogP contribution in [0.4, 0.5) is 0 Å². The number of nitrogens with zero attached hydrogens (tertiary/aromatic N) is 1. The highest BCUT2D eigenvalue weighted by molar-refractivity contribution is 7.09. The van der Waals surface area contributed by atoms with E-state index >= 15 is 0 Å². The Hall–Kier alpha value is -1.63. The van der Waals surface area contributed by atoms with Gasteiger partial charge in [-0.05, 0) is 19.1 Å². The second-order valence-electron chi connectivity index (χ2n) is 4.20. The van der Waals surface area contributed by atoms with Gasteiger partial charge in [-0.3, -0.25) is 0 Å². The van der Waals surface area contributed by atoms with Crippen LogP contribution in [-0.4, -0.2) is 16.2 Å². The van der Waals surface area contributed by atoms with Gasteiger partial charge in [0, 0.05) is 22.6 Å². The van der Waals surface area contributed by atoms with Gasteiger partial charge >= 0.3 is 0 Å². The van der Waals surface area contributed by atoms with Crippen LogP contribution in [0.25, 0.3) is 0 Å². The summed E-state index contributed by atoms with van der Waals surface area (Å²) in [4.78, 5) is 4.38. The number of hydrogen-bond acceptors (Lipinski definition) is 3. The molecule has 18 heavy (non-hydrogen) atoms. The second-order valence-corrected chi connectivity index (χ2v) is 5.09. The van der Waals surface area contributed by atoms with E-state index in [4.69, 9.17) is 0 Å². The fourth-order valence-electron chi connectivity index (χ4n) is 1.52. The molecule has 3 heteroatoms. The first-order valence-electron chi connectivity index (χ1n) is 5.83. The van der Waals surface area contributed by atoms with Gasteiger partial charge in [0.2, 0.25) is 0 Å². The Labute approximate surface area is 111 Å². The molecule has 0 spiro atoms. The molecular formula is C15H15NOS. The number of rotatable bonds is 2. The molecule has 1 aromatic carbocycles. The smallest absolute Gasteiger partial charge is 0.124 e. The maximum atomic E-state index is 10.0. The third kappa shape index (κ3) is 3.19. The summed E-state index contributed by atoms with van der Waals surface area (Å²) in [6.45, 7) is 3.90. The average molecular weight is 257 g/mol. The van der Waals surface area contributed by atoms with Crippen molar-refractivity contribution in [3.05, 3.63) is 52.0 Å². The minimum absolute atomic E-state index is 0.0556. The summed E-state index contributed by atoms with van der Waals surface area (Å²) in [6, 6.07) is 9.67. The van der Waals surface area contributed by atoms with Crippen molar-refractivity contribution >= 4 is 11.3 Å². The van der Waals surface area contributed by atoms with Crippen molar-refractivity contribution in [3.8, 4) is 11.8 Å². The van der Waals surface area contributed by atoms with E-state index in [-0.39, 0.29) is 5.92 Å². The number of aryl methyl sites for hydroxylation is 1. The van der Waals surface area contributed by atoms with E-state index in [1.165, 1.54) is 0 Å². The average Bonchev–Trinajstić information content (AvgIpc) is 2.83. The fourth-order valence-corrected chi connectivity index (χ4v) is 2.40. The molecular weight excluding hydrogens is 242 g/mol. The van der Waals surface area contributed by atoms with E-state index < -0.39 is 6.10 Å². The summed E-state index contributed by atoms with van der Waals surface area (Å²) in [7, 11) is 0. The largest absolute Gasteiger partial charge is 0.380 e. The van der Waals surface area contributed by atoms with Gasteiger partial charge in [-0.15, -0.1) is 11.3 Å². The number of hydrogen-bond donors (Lipinski definition) is 1. The number of aliphatic hydroxyl groups is 1. The first-order chi connectivity index (χ1) is 8.66. The topological polar surface area (TPSA) is 33.1 Å². The molecule has 0 aliphatic heterocycles. The highest BCUT2D eigenvalue weighted by Crippen LogP contribution is 2.22. The van der Waals surface area contributed by atoms with Crippen molar-refractivity contribution in [3.63, 3.8) is 0 Å². The molecule has 92 valence electrons. The van der Waals surface area contributed by atoms with Gasteiger partial charge in [-0.1, -0.05) is 37.0 Å². The predicted molar refractivity (Wildman–Crippen MR) is 74.6 cm³/mol. The number of aliphatic hydroxyl groups excluding tert-OH is 1. The summed E-state index contributed by atoms with van der Waals surface area (Å²) in [5.74, 6) is 5.80. The van der Waals surface area contributed by atoms with E-state index in [1.807, 2.05) is 49.6 Å². The molecule has 2 atom stereocenters. The lowest BCUT2D eigenvalue weighted by molar-refractivity contribution is 0.206. The van der Waals surface area contributed by atoms with Crippen LogP contribution in [-0.2, 0) is 0 Å². The summed E-state index contributed by atoms with van der Waals surface area (Å²) in [5.41, 5.74) is 1.91. The zero-order valence-electron chi connectivity index (χ0n) is 10.4. The van der Waals surface area contributed by atoms with Crippen molar-refractivity contribution in [2.24, 2.45) is 0 Å².